The minimum Gasteiger partial charge on any atom is -0.461 e. The van der Waals surface area contributed by atoms with Crippen molar-refractivity contribution in [2.75, 3.05) is 6.61 Å². The number of cyclic esters (lactones) is 1. The molecule has 3 atom stereocenters. The van der Waals surface area contributed by atoms with E-state index in [4.69, 9.17) is 15.2 Å². The third kappa shape index (κ3) is 5.50. The highest BCUT2D eigenvalue weighted by Crippen LogP contribution is 2.18. The van der Waals surface area contributed by atoms with Crippen LogP contribution in [0.4, 0.5) is 0 Å². The summed E-state index contributed by atoms with van der Waals surface area (Å²) in [6.07, 6.45) is 3.42. The summed E-state index contributed by atoms with van der Waals surface area (Å²) in [5.41, 5.74) is 5.73. The minimum absolute atomic E-state index is 0.108. The van der Waals surface area contributed by atoms with Crippen molar-refractivity contribution in [3.63, 3.8) is 0 Å². The van der Waals surface area contributed by atoms with Crippen LogP contribution in [0.15, 0.2) is 0 Å². The summed E-state index contributed by atoms with van der Waals surface area (Å²) >= 11 is 0. The van der Waals surface area contributed by atoms with Crippen LogP contribution < -0.4 is 5.73 Å². The molecule has 1 saturated heterocycles. The third-order valence-corrected chi connectivity index (χ3v) is 2.92. The Hall–Kier alpha value is -0.610. The number of hydrogen-bond acceptors (Lipinski definition) is 4. The second-order valence-electron chi connectivity index (χ2n) is 5.37. The standard InChI is InChI=1S/C13H25NO3/c1-9(2)8-16-11-5-4-6-12(14)13(15)17-10(3)7-11/h9-12H,4-8,14H2,1-3H3/t10?,11?,12-/m0/s1. The van der Waals surface area contributed by atoms with Crippen LogP contribution >= 0.6 is 0 Å². The van der Waals surface area contributed by atoms with Crippen LogP contribution in [0.1, 0.15) is 46.5 Å². The van der Waals surface area contributed by atoms with Gasteiger partial charge in [0.2, 0.25) is 0 Å². The van der Waals surface area contributed by atoms with Crippen molar-refractivity contribution in [3.8, 4) is 0 Å². The van der Waals surface area contributed by atoms with Gasteiger partial charge < -0.3 is 15.2 Å². The summed E-state index contributed by atoms with van der Waals surface area (Å²) in [4.78, 5) is 11.5. The Morgan fingerprint density at radius 1 is 1.47 bits per heavy atom. The highest BCUT2D eigenvalue weighted by molar-refractivity contribution is 5.75. The van der Waals surface area contributed by atoms with Crippen molar-refractivity contribution in [1.82, 2.24) is 0 Å². The molecule has 0 radical (unpaired) electrons. The van der Waals surface area contributed by atoms with Gasteiger partial charge in [0.1, 0.15) is 12.1 Å². The molecular formula is C13H25NO3. The van der Waals surface area contributed by atoms with E-state index in [0.29, 0.717) is 12.3 Å². The minimum atomic E-state index is -0.471. The summed E-state index contributed by atoms with van der Waals surface area (Å²) in [5, 5.41) is 0. The quantitative estimate of drug-likeness (QED) is 0.769. The van der Waals surface area contributed by atoms with Crippen molar-refractivity contribution >= 4 is 5.97 Å². The lowest BCUT2D eigenvalue weighted by Crippen LogP contribution is -2.33. The molecule has 1 aliphatic heterocycles. The highest BCUT2D eigenvalue weighted by atomic mass is 16.5. The Kier molecular flexibility index (Phi) is 5.92. The van der Waals surface area contributed by atoms with Crippen LogP contribution in [0.3, 0.4) is 0 Å². The van der Waals surface area contributed by atoms with Gasteiger partial charge in [0.15, 0.2) is 0 Å². The van der Waals surface area contributed by atoms with E-state index in [1.165, 1.54) is 0 Å². The molecule has 0 spiro atoms. The van der Waals surface area contributed by atoms with E-state index in [0.717, 1.165) is 25.9 Å². The summed E-state index contributed by atoms with van der Waals surface area (Å²) in [6.45, 7) is 6.93. The summed E-state index contributed by atoms with van der Waals surface area (Å²) in [6, 6.07) is -0.471. The van der Waals surface area contributed by atoms with E-state index in [9.17, 15) is 4.79 Å². The second kappa shape index (κ2) is 6.97. The van der Waals surface area contributed by atoms with E-state index in [2.05, 4.69) is 13.8 Å². The normalized spacial score (nSPS) is 31.6. The first kappa shape index (κ1) is 14.5. The molecule has 4 nitrogen and oxygen atoms in total. The van der Waals surface area contributed by atoms with Crippen molar-refractivity contribution < 1.29 is 14.3 Å². The lowest BCUT2D eigenvalue weighted by atomic mass is 10.0. The van der Waals surface area contributed by atoms with Gasteiger partial charge in [-0.25, -0.2) is 0 Å². The average molecular weight is 243 g/mol. The van der Waals surface area contributed by atoms with E-state index in [1.807, 2.05) is 6.92 Å². The molecule has 1 aliphatic rings. The summed E-state index contributed by atoms with van der Waals surface area (Å²) in [7, 11) is 0. The molecule has 1 fully saturated rings. The zero-order valence-corrected chi connectivity index (χ0v) is 11.1. The van der Waals surface area contributed by atoms with Gasteiger partial charge in [0.25, 0.3) is 0 Å². The fourth-order valence-corrected chi connectivity index (χ4v) is 1.99. The zero-order valence-electron chi connectivity index (χ0n) is 11.1. The predicted octanol–water partition coefficient (Wildman–Crippen LogP) is 1.86. The van der Waals surface area contributed by atoms with E-state index in [-0.39, 0.29) is 18.2 Å². The van der Waals surface area contributed by atoms with Gasteiger partial charge in [-0.05, 0) is 32.1 Å². The number of hydrogen-bond donors (Lipinski definition) is 1. The summed E-state index contributed by atoms with van der Waals surface area (Å²) in [5.74, 6) is 0.254. The van der Waals surface area contributed by atoms with Crippen LogP contribution in [-0.4, -0.2) is 30.8 Å². The Balaban J connectivity index is 2.48. The fourth-order valence-electron chi connectivity index (χ4n) is 1.99. The molecule has 0 aromatic carbocycles. The van der Waals surface area contributed by atoms with E-state index < -0.39 is 6.04 Å². The molecule has 0 aromatic heterocycles. The SMILES string of the molecule is CC(C)COC1CCC[C@H](N)C(=O)OC(C)C1. The van der Waals surface area contributed by atoms with Gasteiger partial charge in [-0.15, -0.1) is 0 Å². The maximum absolute atomic E-state index is 11.5. The van der Waals surface area contributed by atoms with E-state index in [1.54, 1.807) is 0 Å². The maximum atomic E-state index is 11.5. The molecule has 100 valence electrons. The third-order valence-electron chi connectivity index (χ3n) is 2.92. The van der Waals surface area contributed by atoms with Gasteiger partial charge in [0.05, 0.1) is 6.10 Å². The molecule has 4 heteroatoms. The zero-order chi connectivity index (χ0) is 12.8. The molecule has 1 heterocycles. The molecule has 2 unspecified atom stereocenters. The molecule has 0 aromatic rings. The lowest BCUT2D eigenvalue weighted by Gasteiger charge is -2.21. The van der Waals surface area contributed by atoms with Gasteiger partial charge in [0, 0.05) is 13.0 Å². The van der Waals surface area contributed by atoms with Crippen molar-refractivity contribution in [2.45, 2.75) is 64.7 Å². The van der Waals surface area contributed by atoms with Gasteiger partial charge in [-0.1, -0.05) is 13.8 Å². The average Bonchev–Trinajstić information content (AvgIpc) is 2.29. The predicted molar refractivity (Wildman–Crippen MR) is 66.6 cm³/mol. The number of carbonyl (C=O) groups is 1. The largest absolute Gasteiger partial charge is 0.461 e. The first-order valence-corrected chi connectivity index (χ1v) is 6.56. The molecule has 0 saturated carbocycles. The first-order chi connectivity index (χ1) is 7.99. The van der Waals surface area contributed by atoms with Crippen LogP contribution in [0.25, 0.3) is 0 Å². The number of nitrogens with two attached hydrogens (primary N) is 1. The number of esters is 1. The Morgan fingerprint density at radius 2 is 2.18 bits per heavy atom. The van der Waals surface area contributed by atoms with Crippen LogP contribution in [0.5, 0.6) is 0 Å². The van der Waals surface area contributed by atoms with Crippen molar-refractivity contribution in [2.24, 2.45) is 11.7 Å². The number of ether oxygens (including phenoxy) is 2. The van der Waals surface area contributed by atoms with Gasteiger partial charge in [-0.3, -0.25) is 4.79 Å². The maximum Gasteiger partial charge on any atom is 0.323 e. The number of carbonyl (C=O) groups excluding carboxylic acids is 1. The summed E-state index contributed by atoms with van der Waals surface area (Å²) < 4.78 is 11.1. The fraction of sp³-hybridized carbons (Fsp3) is 0.923. The lowest BCUT2D eigenvalue weighted by molar-refractivity contribution is -0.151. The van der Waals surface area contributed by atoms with Gasteiger partial charge in [-0.2, -0.15) is 0 Å². The number of rotatable bonds is 3. The first-order valence-electron chi connectivity index (χ1n) is 6.56. The smallest absolute Gasteiger partial charge is 0.323 e. The Labute approximate surface area is 104 Å². The molecule has 1 rings (SSSR count). The monoisotopic (exact) mass is 243 g/mol. The Bertz CT molecular complexity index is 243. The van der Waals surface area contributed by atoms with Crippen LogP contribution in [0, 0.1) is 5.92 Å². The molecular weight excluding hydrogens is 218 g/mol. The molecule has 17 heavy (non-hydrogen) atoms. The van der Waals surface area contributed by atoms with Crippen LogP contribution in [-0.2, 0) is 14.3 Å². The molecule has 0 bridgehead atoms. The topological polar surface area (TPSA) is 61.5 Å². The van der Waals surface area contributed by atoms with Crippen LogP contribution in [0.2, 0.25) is 0 Å². The molecule has 0 amide bonds. The molecule has 2 N–H and O–H groups in total. The van der Waals surface area contributed by atoms with Gasteiger partial charge >= 0.3 is 5.97 Å². The van der Waals surface area contributed by atoms with Crippen molar-refractivity contribution in [1.29, 1.82) is 0 Å². The highest BCUT2D eigenvalue weighted by Gasteiger charge is 2.24. The second-order valence-corrected chi connectivity index (χ2v) is 5.37. The van der Waals surface area contributed by atoms with Crippen molar-refractivity contribution in [3.05, 3.63) is 0 Å². The Morgan fingerprint density at radius 3 is 2.82 bits per heavy atom. The molecule has 0 aliphatic carbocycles. The van der Waals surface area contributed by atoms with E-state index >= 15 is 0 Å².